The van der Waals surface area contributed by atoms with Crippen molar-refractivity contribution < 1.29 is 9.47 Å². The number of fused-ring (bicyclic) bond motifs is 1. The maximum absolute atomic E-state index is 6.04. The van der Waals surface area contributed by atoms with Crippen molar-refractivity contribution in [2.24, 2.45) is 11.7 Å². The molecule has 1 fully saturated rings. The molecular formula is C17H26N2O2. The average molecular weight is 290 g/mol. The van der Waals surface area contributed by atoms with Crippen LogP contribution in [0, 0.1) is 5.92 Å². The highest BCUT2D eigenvalue weighted by molar-refractivity contribution is 5.44. The van der Waals surface area contributed by atoms with Gasteiger partial charge in [-0.2, -0.15) is 0 Å². The average Bonchev–Trinajstić information content (AvgIpc) is 2.84. The van der Waals surface area contributed by atoms with E-state index in [1.54, 1.807) is 0 Å². The van der Waals surface area contributed by atoms with Gasteiger partial charge in [0.1, 0.15) is 0 Å². The summed E-state index contributed by atoms with van der Waals surface area (Å²) in [5.41, 5.74) is 7.35. The predicted molar refractivity (Wildman–Crippen MR) is 83.8 cm³/mol. The van der Waals surface area contributed by atoms with E-state index in [4.69, 9.17) is 15.2 Å². The topological polar surface area (TPSA) is 47.7 Å². The van der Waals surface area contributed by atoms with Crippen molar-refractivity contribution >= 4 is 0 Å². The molecule has 1 saturated heterocycles. The van der Waals surface area contributed by atoms with E-state index < -0.39 is 0 Å². The van der Waals surface area contributed by atoms with Crippen LogP contribution in [0.4, 0.5) is 0 Å². The number of benzene rings is 1. The highest BCUT2D eigenvalue weighted by atomic mass is 16.5. The molecule has 116 valence electrons. The van der Waals surface area contributed by atoms with Gasteiger partial charge >= 0.3 is 0 Å². The second-order valence-corrected chi connectivity index (χ2v) is 6.17. The minimum Gasteiger partial charge on any atom is -0.490 e. The Morgan fingerprint density at radius 1 is 1.14 bits per heavy atom. The van der Waals surface area contributed by atoms with Crippen molar-refractivity contribution in [3.05, 3.63) is 23.8 Å². The van der Waals surface area contributed by atoms with Crippen LogP contribution in [-0.4, -0.2) is 38.3 Å². The summed E-state index contributed by atoms with van der Waals surface area (Å²) in [4.78, 5) is 2.45. The fourth-order valence-corrected chi connectivity index (χ4v) is 3.56. The van der Waals surface area contributed by atoms with Gasteiger partial charge in [-0.05, 0) is 56.6 Å². The maximum atomic E-state index is 6.04. The molecule has 4 nitrogen and oxygen atoms in total. The molecule has 2 aliphatic heterocycles. The van der Waals surface area contributed by atoms with Crippen LogP contribution in [0.3, 0.4) is 0 Å². The lowest BCUT2D eigenvalue weighted by Gasteiger charge is -2.32. The molecule has 2 atom stereocenters. The first kappa shape index (κ1) is 14.7. The molecule has 0 aromatic heterocycles. The molecule has 0 saturated carbocycles. The summed E-state index contributed by atoms with van der Waals surface area (Å²) in [7, 11) is 2.21. The Morgan fingerprint density at radius 3 is 2.76 bits per heavy atom. The first-order chi connectivity index (χ1) is 10.3. The van der Waals surface area contributed by atoms with E-state index in [1.165, 1.54) is 24.8 Å². The highest BCUT2D eigenvalue weighted by Gasteiger charge is 2.29. The third-order valence-corrected chi connectivity index (χ3v) is 4.67. The zero-order chi connectivity index (χ0) is 14.7. The smallest absolute Gasteiger partial charge is 0.161 e. The van der Waals surface area contributed by atoms with Gasteiger partial charge < -0.3 is 15.2 Å². The van der Waals surface area contributed by atoms with Crippen molar-refractivity contribution in [2.45, 2.75) is 31.7 Å². The van der Waals surface area contributed by atoms with Crippen LogP contribution in [0.15, 0.2) is 18.2 Å². The molecule has 0 aliphatic carbocycles. The molecule has 1 aromatic carbocycles. The zero-order valence-corrected chi connectivity index (χ0v) is 12.9. The van der Waals surface area contributed by atoms with Crippen LogP contribution in [0.5, 0.6) is 11.5 Å². The largest absolute Gasteiger partial charge is 0.490 e. The van der Waals surface area contributed by atoms with Crippen LogP contribution in [-0.2, 0) is 0 Å². The second-order valence-electron chi connectivity index (χ2n) is 6.17. The number of nitrogens with two attached hydrogens (primary N) is 1. The van der Waals surface area contributed by atoms with Gasteiger partial charge in [-0.25, -0.2) is 0 Å². The van der Waals surface area contributed by atoms with Crippen molar-refractivity contribution in [1.82, 2.24) is 4.90 Å². The van der Waals surface area contributed by atoms with Crippen LogP contribution >= 0.6 is 0 Å². The van der Waals surface area contributed by atoms with Crippen LogP contribution in [0.2, 0.25) is 0 Å². The van der Waals surface area contributed by atoms with E-state index >= 15 is 0 Å². The normalized spacial score (nSPS) is 27.0. The molecular weight excluding hydrogens is 264 g/mol. The van der Waals surface area contributed by atoms with Crippen LogP contribution < -0.4 is 15.2 Å². The van der Waals surface area contributed by atoms with Gasteiger partial charge in [0.05, 0.1) is 13.2 Å². The molecule has 4 heteroatoms. The molecule has 2 N–H and O–H groups in total. The van der Waals surface area contributed by atoms with Crippen molar-refractivity contribution in [3.63, 3.8) is 0 Å². The third-order valence-electron chi connectivity index (χ3n) is 4.67. The first-order valence-corrected chi connectivity index (χ1v) is 8.09. The fraction of sp³-hybridized carbons (Fsp3) is 0.647. The summed E-state index contributed by atoms with van der Waals surface area (Å²) in [6.07, 6.45) is 4.68. The van der Waals surface area contributed by atoms with Crippen molar-refractivity contribution in [3.8, 4) is 11.5 Å². The van der Waals surface area contributed by atoms with Gasteiger partial charge in [-0.15, -0.1) is 0 Å². The van der Waals surface area contributed by atoms with E-state index in [0.29, 0.717) is 12.0 Å². The Balaban J connectivity index is 1.91. The Bertz CT molecular complexity index is 478. The standard InChI is InChI=1S/C17H26N2O2/c1-19-8-3-2-5-14(12-18)17(19)13-6-7-15-16(11-13)21-10-4-9-20-15/h6-7,11,14,17H,2-5,8-10,12,18H2,1H3. The van der Waals surface area contributed by atoms with E-state index in [-0.39, 0.29) is 0 Å². The Kier molecular flexibility index (Phi) is 4.66. The zero-order valence-electron chi connectivity index (χ0n) is 12.9. The number of hydrogen-bond donors (Lipinski definition) is 1. The van der Waals surface area contributed by atoms with Crippen molar-refractivity contribution in [1.29, 1.82) is 0 Å². The third kappa shape index (κ3) is 3.16. The summed E-state index contributed by atoms with van der Waals surface area (Å²) < 4.78 is 11.6. The predicted octanol–water partition coefficient (Wildman–Crippen LogP) is 2.58. The van der Waals surface area contributed by atoms with E-state index in [1.807, 2.05) is 0 Å². The summed E-state index contributed by atoms with van der Waals surface area (Å²) in [5, 5.41) is 0. The molecule has 2 heterocycles. The van der Waals surface area contributed by atoms with Gasteiger partial charge in [0.15, 0.2) is 11.5 Å². The minimum absolute atomic E-state index is 0.384. The second kappa shape index (κ2) is 6.67. The van der Waals surface area contributed by atoms with Gasteiger partial charge in [0, 0.05) is 12.5 Å². The molecule has 0 spiro atoms. The van der Waals surface area contributed by atoms with E-state index in [9.17, 15) is 0 Å². The first-order valence-electron chi connectivity index (χ1n) is 8.09. The molecule has 1 aromatic rings. The lowest BCUT2D eigenvalue weighted by atomic mass is 9.89. The number of ether oxygens (including phenoxy) is 2. The SMILES string of the molecule is CN1CCCCC(CN)C1c1ccc2c(c1)OCCCO2. The van der Waals surface area contributed by atoms with Gasteiger partial charge in [-0.1, -0.05) is 12.5 Å². The lowest BCUT2D eigenvalue weighted by Crippen LogP contribution is -2.33. The molecule has 0 amide bonds. The Morgan fingerprint density at radius 2 is 1.95 bits per heavy atom. The number of nitrogens with zero attached hydrogens (tertiary/aromatic N) is 1. The molecule has 3 rings (SSSR count). The highest BCUT2D eigenvalue weighted by Crippen LogP contribution is 2.38. The summed E-state index contributed by atoms with van der Waals surface area (Å²) in [5.74, 6) is 2.28. The summed E-state index contributed by atoms with van der Waals surface area (Å²) in [6.45, 7) is 3.34. The summed E-state index contributed by atoms with van der Waals surface area (Å²) in [6, 6.07) is 6.79. The number of rotatable bonds is 2. The lowest BCUT2D eigenvalue weighted by molar-refractivity contribution is 0.195. The Hall–Kier alpha value is -1.26. The molecule has 21 heavy (non-hydrogen) atoms. The molecule has 2 unspecified atom stereocenters. The number of hydrogen-bond acceptors (Lipinski definition) is 4. The summed E-state index contributed by atoms with van der Waals surface area (Å²) >= 11 is 0. The molecule has 2 aliphatic rings. The quantitative estimate of drug-likeness (QED) is 0.909. The monoisotopic (exact) mass is 290 g/mol. The van der Waals surface area contributed by atoms with Gasteiger partial charge in [0.2, 0.25) is 0 Å². The van der Waals surface area contributed by atoms with Gasteiger partial charge in [0.25, 0.3) is 0 Å². The fourth-order valence-electron chi connectivity index (χ4n) is 3.56. The van der Waals surface area contributed by atoms with E-state index in [2.05, 4.69) is 30.1 Å². The van der Waals surface area contributed by atoms with Crippen molar-refractivity contribution in [2.75, 3.05) is 33.4 Å². The van der Waals surface area contributed by atoms with Crippen LogP contribution in [0.25, 0.3) is 0 Å². The number of likely N-dealkylation sites (tertiary alicyclic amines) is 1. The van der Waals surface area contributed by atoms with Gasteiger partial charge in [-0.3, -0.25) is 4.90 Å². The van der Waals surface area contributed by atoms with E-state index in [0.717, 1.165) is 44.2 Å². The molecule has 0 radical (unpaired) electrons. The van der Waals surface area contributed by atoms with Crippen LogP contribution in [0.1, 0.15) is 37.3 Å². The molecule has 0 bridgehead atoms. The minimum atomic E-state index is 0.384. The maximum Gasteiger partial charge on any atom is 0.161 e. The Labute approximate surface area is 127 Å².